The summed E-state index contributed by atoms with van der Waals surface area (Å²) >= 11 is 6.13. The molecule has 0 radical (unpaired) electrons. The van der Waals surface area contributed by atoms with Crippen LogP contribution in [0.4, 0.5) is 5.69 Å². The highest BCUT2D eigenvalue weighted by Crippen LogP contribution is 2.19. The van der Waals surface area contributed by atoms with Gasteiger partial charge in [-0.05, 0) is 67.1 Å². The highest BCUT2D eigenvalue weighted by atomic mass is 35.5. The van der Waals surface area contributed by atoms with E-state index in [1.165, 1.54) is 6.21 Å². The third-order valence-corrected chi connectivity index (χ3v) is 5.03. The van der Waals surface area contributed by atoms with E-state index >= 15 is 0 Å². The molecule has 0 fully saturated rings. The zero-order chi connectivity index (χ0) is 24.2. The molecule has 3 rings (SSSR count). The number of ether oxygens (including phenoxy) is 2. The number of amides is 2. The molecule has 34 heavy (non-hydrogen) atoms. The van der Waals surface area contributed by atoms with E-state index in [9.17, 15) is 9.59 Å². The number of hydrogen-bond donors (Lipinski definition) is 2. The van der Waals surface area contributed by atoms with Crippen LogP contribution in [0.15, 0.2) is 77.9 Å². The average molecular weight is 480 g/mol. The van der Waals surface area contributed by atoms with E-state index in [1.54, 1.807) is 24.3 Å². The molecule has 0 unspecified atom stereocenters. The molecule has 8 heteroatoms. The largest absolute Gasteiger partial charge is 0.494 e. The molecule has 0 saturated heterocycles. The van der Waals surface area contributed by atoms with Crippen molar-refractivity contribution in [2.75, 3.05) is 11.9 Å². The van der Waals surface area contributed by atoms with Crippen molar-refractivity contribution in [1.29, 1.82) is 0 Å². The van der Waals surface area contributed by atoms with Crippen LogP contribution >= 0.6 is 11.6 Å². The third kappa shape index (κ3) is 8.26. The van der Waals surface area contributed by atoms with Gasteiger partial charge in [-0.25, -0.2) is 5.43 Å². The lowest BCUT2D eigenvalue weighted by Gasteiger charge is -2.08. The zero-order valence-corrected chi connectivity index (χ0v) is 19.5. The SMILES string of the molecule is CCOc1ccc(NC(=O)CCC(=O)NN=Cc2ccc(OCc3ccccc3Cl)cc2)cc1. The van der Waals surface area contributed by atoms with Crippen molar-refractivity contribution in [2.24, 2.45) is 5.10 Å². The van der Waals surface area contributed by atoms with Crippen molar-refractivity contribution < 1.29 is 19.1 Å². The van der Waals surface area contributed by atoms with Gasteiger partial charge in [0.05, 0.1) is 12.8 Å². The van der Waals surface area contributed by atoms with E-state index in [4.69, 9.17) is 21.1 Å². The summed E-state index contributed by atoms with van der Waals surface area (Å²) in [7, 11) is 0. The predicted octanol–water partition coefficient (Wildman–Crippen LogP) is 5.19. The van der Waals surface area contributed by atoms with Crippen molar-refractivity contribution in [3.05, 3.63) is 88.9 Å². The van der Waals surface area contributed by atoms with Crippen LogP contribution in [0.3, 0.4) is 0 Å². The van der Waals surface area contributed by atoms with Crippen LogP contribution in [0.25, 0.3) is 0 Å². The van der Waals surface area contributed by atoms with Crippen LogP contribution in [0.1, 0.15) is 30.9 Å². The molecular weight excluding hydrogens is 454 g/mol. The van der Waals surface area contributed by atoms with E-state index in [-0.39, 0.29) is 24.7 Å². The van der Waals surface area contributed by atoms with Gasteiger partial charge in [-0.1, -0.05) is 29.8 Å². The number of hydrazone groups is 1. The number of rotatable bonds is 11. The van der Waals surface area contributed by atoms with Crippen LogP contribution in [0.5, 0.6) is 11.5 Å². The summed E-state index contributed by atoms with van der Waals surface area (Å²) in [5, 5.41) is 7.35. The van der Waals surface area contributed by atoms with Crippen molar-refractivity contribution in [2.45, 2.75) is 26.4 Å². The lowest BCUT2D eigenvalue weighted by Crippen LogP contribution is -2.20. The number of carbonyl (C=O) groups excluding carboxylic acids is 2. The molecule has 2 N–H and O–H groups in total. The van der Waals surface area contributed by atoms with Crippen molar-refractivity contribution in [3.8, 4) is 11.5 Å². The fraction of sp³-hybridized carbons (Fsp3) is 0.192. The van der Waals surface area contributed by atoms with Crippen LogP contribution in [-0.2, 0) is 16.2 Å². The maximum atomic E-state index is 12.0. The van der Waals surface area contributed by atoms with E-state index in [0.717, 1.165) is 16.9 Å². The Bertz CT molecular complexity index is 1120. The molecule has 0 aliphatic rings. The average Bonchev–Trinajstić information content (AvgIpc) is 2.84. The minimum atomic E-state index is -0.349. The van der Waals surface area contributed by atoms with Gasteiger partial charge in [-0.3, -0.25) is 9.59 Å². The normalized spacial score (nSPS) is 10.6. The van der Waals surface area contributed by atoms with Gasteiger partial charge in [-0.15, -0.1) is 0 Å². The Labute approximate surface area is 203 Å². The van der Waals surface area contributed by atoms with Crippen molar-refractivity contribution in [3.63, 3.8) is 0 Å². The standard InChI is InChI=1S/C26H26ClN3O4/c1-2-33-22-13-9-21(10-14-22)29-25(31)15-16-26(32)30-28-17-19-7-11-23(12-8-19)34-18-20-5-3-4-6-24(20)27/h3-14,17H,2,15-16,18H2,1H3,(H,29,31)(H,30,32). The highest BCUT2D eigenvalue weighted by Gasteiger charge is 2.07. The van der Waals surface area contributed by atoms with Gasteiger partial charge in [0, 0.05) is 29.1 Å². The maximum Gasteiger partial charge on any atom is 0.240 e. The second-order valence-corrected chi connectivity index (χ2v) is 7.66. The number of nitrogens with zero attached hydrogens (tertiary/aromatic N) is 1. The van der Waals surface area contributed by atoms with Gasteiger partial charge in [0.2, 0.25) is 11.8 Å². The van der Waals surface area contributed by atoms with Gasteiger partial charge in [0.15, 0.2) is 0 Å². The Kier molecular flexibility index (Phi) is 9.49. The quantitative estimate of drug-likeness (QED) is 0.292. The fourth-order valence-corrected chi connectivity index (χ4v) is 3.10. The van der Waals surface area contributed by atoms with Gasteiger partial charge >= 0.3 is 0 Å². The molecule has 3 aromatic rings. The minimum Gasteiger partial charge on any atom is -0.494 e. The minimum absolute atomic E-state index is 0.0228. The smallest absolute Gasteiger partial charge is 0.240 e. The van der Waals surface area contributed by atoms with Crippen LogP contribution in [0, 0.1) is 0 Å². The molecule has 2 amide bonds. The Hall–Kier alpha value is -3.84. The molecular formula is C26H26ClN3O4. The summed E-state index contributed by atoms with van der Waals surface area (Å²) in [4.78, 5) is 24.0. The van der Waals surface area contributed by atoms with Crippen LogP contribution in [-0.4, -0.2) is 24.6 Å². The summed E-state index contributed by atoms with van der Waals surface area (Å²) in [6.07, 6.45) is 1.59. The van der Waals surface area contributed by atoms with Gasteiger partial charge in [0.25, 0.3) is 0 Å². The molecule has 0 aromatic heterocycles. The second kappa shape index (κ2) is 13.0. The molecule has 3 aromatic carbocycles. The van der Waals surface area contributed by atoms with Crippen molar-refractivity contribution in [1.82, 2.24) is 5.43 Å². The van der Waals surface area contributed by atoms with E-state index in [0.29, 0.717) is 29.7 Å². The summed E-state index contributed by atoms with van der Waals surface area (Å²) < 4.78 is 11.1. The molecule has 0 saturated carbocycles. The molecule has 0 aliphatic heterocycles. The molecule has 0 aliphatic carbocycles. The van der Waals surface area contributed by atoms with Gasteiger partial charge in [0.1, 0.15) is 18.1 Å². The molecule has 176 valence electrons. The second-order valence-electron chi connectivity index (χ2n) is 7.25. The number of anilines is 1. The Morgan fingerprint density at radius 2 is 1.53 bits per heavy atom. The summed E-state index contributed by atoms with van der Waals surface area (Å²) in [6.45, 7) is 2.85. The van der Waals surface area contributed by atoms with E-state index in [2.05, 4.69) is 15.8 Å². The molecule has 7 nitrogen and oxygen atoms in total. The van der Waals surface area contributed by atoms with E-state index in [1.807, 2.05) is 55.5 Å². The molecule has 0 spiro atoms. The predicted molar refractivity (Wildman–Crippen MR) is 133 cm³/mol. The first-order valence-electron chi connectivity index (χ1n) is 10.8. The Balaban J connectivity index is 1.37. The Morgan fingerprint density at radius 1 is 0.882 bits per heavy atom. The molecule has 0 heterocycles. The number of halogens is 1. The number of nitrogens with one attached hydrogen (secondary N) is 2. The van der Waals surface area contributed by atoms with Crippen LogP contribution < -0.4 is 20.2 Å². The summed E-state index contributed by atoms with van der Waals surface area (Å²) in [6, 6.07) is 21.8. The first-order valence-corrected chi connectivity index (χ1v) is 11.2. The maximum absolute atomic E-state index is 12.0. The van der Waals surface area contributed by atoms with Crippen molar-refractivity contribution >= 4 is 35.3 Å². The lowest BCUT2D eigenvalue weighted by atomic mass is 10.2. The monoisotopic (exact) mass is 479 g/mol. The molecule has 0 atom stereocenters. The topological polar surface area (TPSA) is 89.0 Å². The molecule has 0 bridgehead atoms. The van der Waals surface area contributed by atoms with Gasteiger partial charge < -0.3 is 14.8 Å². The number of carbonyl (C=O) groups is 2. The zero-order valence-electron chi connectivity index (χ0n) is 18.8. The summed E-state index contributed by atoms with van der Waals surface area (Å²) in [5.41, 5.74) is 4.77. The van der Waals surface area contributed by atoms with E-state index < -0.39 is 0 Å². The first kappa shape index (κ1) is 24.8. The summed E-state index contributed by atoms with van der Waals surface area (Å²) in [5.74, 6) is 0.824. The lowest BCUT2D eigenvalue weighted by molar-refractivity contribution is -0.124. The first-order chi connectivity index (χ1) is 16.5. The highest BCUT2D eigenvalue weighted by molar-refractivity contribution is 6.31. The fourth-order valence-electron chi connectivity index (χ4n) is 2.91. The number of hydrogen-bond acceptors (Lipinski definition) is 5. The number of benzene rings is 3. The third-order valence-electron chi connectivity index (χ3n) is 4.66. The van der Waals surface area contributed by atoms with Gasteiger partial charge in [-0.2, -0.15) is 5.10 Å². The van der Waals surface area contributed by atoms with Crippen LogP contribution in [0.2, 0.25) is 5.02 Å². The Morgan fingerprint density at radius 3 is 2.24 bits per heavy atom.